The van der Waals surface area contributed by atoms with Crippen LogP contribution >= 0.6 is 0 Å². The number of rotatable bonds is 8. The number of allylic oxidation sites excluding steroid dienone is 1. The second-order valence-electron chi connectivity index (χ2n) is 11.8. The van der Waals surface area contributed by atoms with E-state index < -0.39 is 0 Å². The number of hydrogen-bond donors (Lipinski definition) is 1. The summed E-state index contributed by atoms with van der Waals surface area (Å²) in [6.07, 6.45) is 20.7. The van der Waals surface area contributed by atoms with E-state index in [-0.39, 0.29) is 17.9 Å². The first kappa shape index (κ1) is 27.4. The van der Waals surface area contributed by atoms with E-state index in [0.717, 1.165) is 45.6 Å². The lowest BCUT2D eigenvalue weighted by atomic mass is 9.84. The normalized spacial score (nSPS) is 28.1. The number of piperidine rings is 1. The molecule has 1 aliphatic carbocycles. The third kappa shape index (κ3) is 6.50. The maximum atomic E-state index is 13.2. The summed E-state index contributed by atoms with van der Waals surface area (Å²) in [5.41, 5.74) is 7.40. The number of amides is 1. The fourth-order valence-corrected chi connectivity index (χ4v) is 7.13. The first-order valence-corrected chi connectivity index (χ1v) is 15.3. The van der Waals surface area contributed by atoms with Gasteiger partial charge in [-0.1, -0.05) is 74.8 Å². The van der Waals surface area contributed by atoms with Gasteiger partial charge in [0.1, 0.15) is 0 Å². The van der Waals surface area contributed by atoms with Crippen LogP contribution in [-0.4, -0.2) is 65.5 Å². The third-order valence-electron chi connectivity index (χ3n) is 9.18. The van der Waals surface area contributed by atoms with E-state index in [2.05, 4.69) is 82.3 Å². The molecule has 5 nitrogen and oxygen atoms in total. The number of benzene rings is 1. The van der Waals surface area contributed by atoms with Crippen LogP contribution in [0.4, 0.5) is 0 Å². The monoisotopic (exact) mass is 516 g/mol. The SMILES string of the molecule is C=CCN1CCC2CCCC(C1)N2C(C1=CCC(C(=O)NN2CCCCCC2)C=C1)c1cccc(CC)c1. The quantitative estimate of drug-likeness (QED) is 0.442. The van der Waals surface area contributed by atoms with E-state index in [1.54, 1.807) is 0 Å². The Morgan fingerprint density at radius 2 is 1.89 bits per heavy atom. The summed E-state index contributed by atoms with van der Waals surface area (Å²) in [4.78, 5) is 18.6. The van der Waals surface area contributed by atoms with Gasteiger partial charge in [-0.15, -0.1) is 6.58 Å². The van der Waals surface area contributed by atoms with Crippen LogP contribution in [0, 0.1) is 5.92 Å². The zero-order valence-corrected chi connectivity index (χ0v) is 23.5. The van der Waals surface area contributed by atoms with Crippen LogP contribution in [0.2, 0.25) is 0 Å². The highest BCUT2D eigenvalue weighted by Crippen LogP contribution is 2.41. The lowest BCUT2D eigenvalue weighted by Gasteiger charge is -2.46. The number of carbonyl (C=O) groups excluding carboxylic acids is 1. The van der Waals surface area contributed by atoms with E-state index in [1.165, 1.54) is 68.1 Å². The van der Waals surface area contributed by atoms with Crippen molar-refractivity contribution >= 4 is 5.91 Å². The van der Waals surface area contributed by atoms with Crippen molar-refractivity contribution in [2.45, 2.75) is 89.3 Å². The van der Waals surface area contributed by atoms with Gasteiger partial charge in [0.2, 0.25) is 5.91 Å². The number of hydrazine groups is 1. The Labute approximate surface area is 230 Å². The van der Waals surface area contributed by atoms with Gasteiger partial charge in [0.15, 0.2) is 0 Å². The molecular formula is C33H48N4O. The Morgan fingerprint density at radius 3 is 2.63 bits per heavy atom. The van der Waals surface area contributed by atoms with Gasteiger partial charge in [-0.2, -0.15) is 0 Å². The molecule has 0 radical (unpaired) electrons. The molecular weight excluding hydrogens is 468 g/mol. The van der Waals surface area contributed by atoms with Crippen molar-refractivity contribution in [1.29, 1.82) is 0 Å². The average Bonchev–Trinajstić information content (AvgIpc) is 3.25. The highest BCUT2D eigenvalue weighted by Gasteiger charge is 2.40. The van der Waals surface area contributed by atoms with E-state index in [4.69, 9.17) is 0 Å². The van der Waals surface area contributed by atoms with Crippen LogP contribution in [0.1, 0.15) is 81.9 Å². The molecule has 4 atom stereocenters. The molecule has 4 unspecified atom stereocenters. The van der Waals surface area contributed by atoms with Gasteiger partial charge in [0.05, 0.1) is 12.0 Å². The fraction of sp³-hybridized carbons (Fsp3) is 0.606. The molecule has 0 spiro atoms. The third-order valence-corrected chi connectivity index (χ3v) is 9.18. The summed E-state index contributed by atoms with van der Waals surface area (Å²) >= 11 is 0. The molecule has 3 aliphatic heterocycles. The van der Waals surface area contributed by atoms with Gasteiger partial charge in [0.25, 0.3) is 0 Å². The van der Waals surface area contributed by atoms with E-state index >= 15 is 0 Å². The van der Waals surface area contributed by atoms with Gasteiger partial charge in [0, 0.05) is 44.8 Å². The van der Waals surface area contributed by atoms with Crippen molar-refractivity contribution in [2.24, 2.45) is 5.92 Å². The Kier molecular flexibility index (Phi) is 9.53. The highest BCUT2D eigenvalue weighted by molar-refractivity contribution is 5.80. The van der Waals surface area contributed by atoms with Gasteiger partial charge < -0.3 is 0 Å². The van der Waals surface area contributed by atoms with E-state index in [0.29, 0.717) is 12.1 Å². The molecule has 1 N–H and O–H groups in total. The first-order chi connectivity index (χ1) is 18.7. The molecule has 5 rings (SSSR count). The van der Waals surface area contributed by atoms with Gasteiger partial charge in [-0.05, 0) is 61.6 Å². The second kappa shape index (κ2) is 13.2. The molecule has 0 aromatic heterocycles. The minimum atomic E-state index is -0.0867. The van der Waals surface area contributed by atoms with Crippen molar-refractivity contribution in [1.82, 2.24) is 20.2 Å². The summed E-state index contributed by atoms with van der Waals surface area (Å²) in [5.74, 6) is 0.0611. The molecule has 3 heterocycles. The average molecular weight is 517 g/mol. The van der Waals surface area contributed by atoms with Crippen molar-refractivity contribution < 1.29 is 4.79 Å². The van der Waals surface area contributed by atoms with Gasteiger partial charge in [-0.3, -0.25) is 20.0 Å². The topological polar surface area (TPSA) is 38.8 Å². The zero-order chi connectivity index (χ0) is 26.3. The van der Waals surface area contributed by atoms with Crippen molar-refractivity contribution in [3.8, 4) is 0 Å². The van der Waals surface area contributed by atoms with Gasteiger partial charge in [-0.25, -0.2) is 5.01 Å². The number of nitrogens with one attached hydrogen (secondary N) is 1. The molecule has 5 heteroatoms. The van der Waals surface area contributed by atoms with Gasteiger partial charge >= 0.3 is 0 Å². The van der Waals surface area contributed by atoms with Crippen LogP contribution in [-0.2, 0) is 11.2 Å². The minimum Gasteiger partial charge on any atom is -0.298 e. The van der Waals surface area contributed by atoms with Crippen molar-refractivity contribution in [3.63, 3.8) is 0 Å². The largest absolute Gasteiger partial charge is 0.298 e. The van der Waals surface area contributed by atoms with Crippen LogP contribution in [0.15, 0.2) is 60.7 Å². The summed E-state index contributed by atoms with van der Waals surface area (Å²) in [5, 5.41) is 2.15. The molecule has 1 aromatic carbocycles. The lowest BCUT2D eigenvalue weighted by Crippen LogP contribution is -2.50. The zero-order valence-electron chi connectivity index (χ0n) is 23.5. The molecule has 4 aliphatic rings. The maximum Gasteiger partial charge on any atom is 0.241 e. The number of aryl methyl sites for hydroxylation is 1. The van der Waals surface area contributed by atoms with Crippen molar-refractivity contribution in [3.05, 3.63) is 71.8 Å². The van der Waals surface area contributed by atoms with Crippen LogP contribution in [0.25, 0.3) is 0 Å². The molecule has 3 fully saturated rings. The Bertz CT molecular complexity index is 1010. The Hall–Kier alpha value is -2.21. The summed E-state index contributed by atoms with van der Waals surface area (Å²) in [6.45, 7) is 11.5. The smallest absolute Gasteiger partial charge is 0.241 e. The number of hydrogen-bond acceptors (Lipinski definition) is 4. The first-order valence-electron chi connectivity index (χ1n) is 15.3. The molecule has 38 heavy (non-hydrogen) atoms. The maximum absolute atomic E-state index is 13.2. The molecule has 3 saturated heterocycles. The highest BCUT2D eigenvalue weighted by atomic mass is 16.2. The predicted octanol–water partition coefficient (Wildman–Crippen LogP) is 5.81. The number of nitrogens with zero attached hydrogens (tertiary/aromatic N) is 3. The number of fused-ring (bicyclic) bond motifs is 2. The minimum absolute atomic E-state index is 0.0867. The van der Waals surface area contributed by atoms with Crippen molar-refractivity contribution in [2.75, 3.05) is 32.7 Å². The standard InChI is InChI=1S/C33H48N4O/c1-3-20-35-23-19-30-13-10-14-31(25-35)37(30)32(29-12-9-11-26(4-2)24-29)27-15-17-28(18-16-27)33(38)34-36-21-7-5-6-8-22-36/h3,9,11-12,15-17,24,28,30-32H,1,4-8,10,13-14,18-23,25H2,2H3,(H,34,38). The lowest BCUT2D eigenvalue weighted by molar-refractivity contribution is -0.128. The molecule has 0 saturated carbocycles. The predicted molar refractivity (Wildman–Crippen MR) is 157 cm³/mol. The van der Waals surface area contributed by atoms with Crippen LogP contribution in [0.5, 0.6) is 0 Å². The second-order valence-corrected chi connectivity index (χ2v) is 11.8. The summed E-state index contributed by atoms with van der Waals surface area (Å²) in [6, 6.07) is 10.6. The fourth-order valence-electron chi connectivity index (χ4n) is 7.13. The Morgan fingerprint density at radius 1 is 1.08 bits per heavy atom. The van der Waals surface area contributed by atoms with E-state index in [9.17, 15) is 4.79 Å². The van der Waals surface area contributed by atoms with Crippen LogP contribution < -0.4 is 5.43 Å². The molecule has 206 valence electrons. The molecule has 1 amide bonds. The molecule has 1 aromatic rings. The van der Waals surface area contributed by atoms with E-state index in [1.807, 2.05) is 0 Å². The number of carbonyl (C=O) groups is 1. The Balaban J connectivity index is 1.38. The molecule has 2 bridgehead atoms. The summed E-state index contributed by atoms with van der Waals surface area (Å²) < 4.78 is 0. The van der Waals surface area contributed by atoms with Crippen LogP contribution in [0.3, 0.4) is 0 Å². The summed E-state index contributed by atoms with van der Waals surface area (Å²) in [7, 11) is 0.